The lowest BCUT2D eigenvalue weighted by Crippen LogP contribution is -2.21. The van der Waals surface area contributed by atoms with Crippen LogP contribution in [0.3, 0.4) is 0 Å². The van der Waals surface area contributed by atoms with Crippen LogP contribution >= 0.6 is 11.6 Å². The average molecular weight is 189 g/mol. The highest BCUT2D eigenvalue weighted by Gasteiger charge is 2.10. The molecule has 0 aliphatic rings. The Labute approximate surface area is 75.3 Å². The van der Waals surface area contributed by atoms with Crippen LogP contribution in [0.5, 0.6) is 0 Å². The Morgan fingerprint density at radius 3 is 2.75 bits per heavy atom. The van der Waals surface area contributed by atoms with Crippen molar-refractivity contribution in [3.05, 3.63) is 34.6 Å². The summed E-state index contributed by atoms with van der Waals surface area (Å²) < 4.78 is 12.8. The van der Waals surface area contributed by atoms with Crippen molar-refractivity contribution in [2.24, 2.45) is 11.5 Å². The molecular formula is C8H10ClFN2. The average Bonchev–Trinajstić information content (AvgIpc) is 2.08. The molecule has 1 atom stereocenters. The van der Waals surface area contributed by atoms with Crippen molar-refractivity contribution in [3.8, 4) is 0 Å². The van der Waals surface area contributed by atoms with Gasteiger partial charge in [-0.2, -0.15) is 0 Å². The van der Waals surface area contributed by atoms with Crippen molar-refractivity contribution in [2.45, 2.75) is 6.04 Å². The molecule has 1 unspecified atom stereocenters. The van der Waals surface area contributed by atoms with Crippen LogP contribution in [0.25, 0.3) is 0 Å². The summed E-state index contributed by atoms with van der Waals surface area (Å²) in [6, 6.07) is 4.12. The highest BCUT2D eigenvalue weighted by atomic mass is 35.5. The van der Waals surface area contributed by atoms with E-state index in [9.17, 15) is 4.39 Å². The van der Waals surface area contributed by atoms with Gasteiger partial charge in [-0.1, -0.05) is 23.7 Å². The molecule has 0 heterocycles. The molecule has 0 saturated heterocycles. The monoisotopic (exact) mass is 188 g/mol. The van der Waals surface area contributed by atoms with E-state index in [0.717, 1.165) is 0 Å². The molecule has 12 heavy (non-hydrogen) atoms. The van der Waals surface area contributed by atoms with Gasteiger partial charge >= 0.3 is 0 Å². The van der Waals surface area contributed by atoms with E-state index >= 15 is 0 Å². The largest absolute Gasteiger partial charge is 0.329 e. The number of nitrogens with two attached hydrogens (primary N) is 2. The minimum atomic E-state index is -0.460. The molecule has 0 saturated carbocycles. The summed E-state index contributed by atoms with van der Waals surface area (Å²) in [7, 11) is 0. The molecule has 4 heteroatoms. The van der Waals surface area contributed by atoms with E-state index in [0.29, 0.717) is 5.56 Å². The molecule has 66 valence electrons. The zero-order chi connectivity index (χ0) is 9.14. The van der Waals surface area contributed by atoms with Gasteiger partial charge in [0.05, 0.1) is 5.02 Å². The van der Waals surface area contributed by atoms with Gasteiger partial charge in [-0.05, 0) is 11.6 Å². The minimum absolute atomic E-state index is 0.0652. The summed E-state index contributed by atoms with van der Waals surface area (Å²) in [6.07, 6.45) is 0. The summed E-state index contributed by atoms with van der Waals surface area (Å²) in [5, 5.41) is 0.0652. The molecule has 0 aliphatic heterocycles. The van der Waals surface area contributed by atoms with E-state index in [4.69, 9.17) is 23.1 Å². The first-order valence-corrected chi connectivity index (χ1v) is 3.94. The fraction of sp³-hybridized carbons (Fsp3) is 0.250. The molecule has 2 nitrogen and oxygen atoms in total. The van der Waals surface area contributed by atoms with Crippen LogP contribution in [0.4, 0.5) is 4.39 Å². The fourth-order valence-electron chi connectivity index (χ4n) is 0.934. The standard InChI is InChI=1S/C8H10ClFN2/c9-8-5(7(12)4-11)2-1-3-6(8)10/h1-3,7H,4,11-12H2. The normalized spacial score (nSPS) is 13.0. The van der Waals surface area contributed by atoms with Crippen molar-refractivity contribution in [1.29, 1.82) is 0 Å². The fourth-order valence-corrected chi connectivity index (χ4v) is 1.20. The first kappa shape index (κ1) is 9.45. The van der Waals surface area contributed by atoms with Crippen molar-refractivity contribution >= 4 is 11.6 Å². The number of benzene rings is 1. The Morgan fingerprint density at radius 2 is 2.17 bits per heavy atom. The van der Waals surface area contributed by atoms with Crippen LogP contribution in [-0.2, 0) is 0 Å². The lowest BCUT2D eigenvalue weighted by Gasteiger charge is -2.10. The van der Waals surface area contributed by atoms with Gasteiger partial charge in [-0.3, -0.25) is 0 Å². The Morgan fingerprint density at radius 1 is 1.50 bits per heavy atom. The topological polar surface area (TPSA) is 52.0 Å². The van der Waals surface area contributed by atoms with Gasteiger partial charge in [-0.25, -0.2) is 4.39 Å². The zero-order valence-electron chi connectivity index (χ0n) is 6.43. The summed E-state index contributed by atoms with van der Waals surface area (Å²) in [5.41, 5.74) is 11.5. The van der Waals surface area contributed by atoms with Crippen LogP contribution in [0, 0.1) is 5.82 Å². The van der Waals surface area contributed by atoms with Crippen LogP contribution in [0.2, 0.25) is 5.02 Å². The third kappa shape index (κ3) is 1.75. The molecule has 0 aromatic heterocycles. The highest BCUT2D eigenvalue weighted by molar-refractivity contribution is 6.31. The third-order valence-corrected chi connectivity index (χ3v) is 2.03. The smallest absolute Gasteiger partial charge is 0.142 e. The van der Waals surface area contributed by atoms with Crippen molar-refractivity contribution < 1.29 is 4.39 Å². The van der Waals surface area contributed by atoms with Crippen LogP contribution in [0.1, 0.15) is 11.6 Å². The minimum Gasteiger partial charge on any atom is -0.329 e. The van der Waals surface area contributed by atoms with Gasteiger partial charge in [-0.15, -0.1) is 0 Å². The van der Waals surface area contributed by atoms with Crippen molar-refractivity contribution in [3.63, 3.8) is 0 Å². The molecule has 0 bridgehead atoms. The molecule has 0 radical (unpaired) electrons. The lowest BCUT2D eigenvalue weighted by atomic mass is 10.1. The Balaban J connectivity index is 3.07. The van der Waals surface area contributed by atoms with Crippen LogP contribution in [0.15, 0.2) is 18.2 Å². The number of hydrogen-bond donors (Lipinski definition) is 2. The number of hydrogen-bond acceptors (Lipinski definition) is 2. The van der Waals surface area contributed by atoms with Crippen molar-refractivity contribution in [2.75, 3.05) is 6.54 Å². The van der Waals surface area contributed by atoms with Gasteiger partial charge in [0.1, 0.15) is 5.82 Å². The van der Waals surface area contributed by atoms with E-state index in [2.05, 4.69) is 0 Å². The predicted molar refractivity (Wildman–Crippen MR) is 47.4 cm³/mol. The SMILES string of the molecule is NCC(N)c1cccc(F)c1Cl. The van der Waals surface area contributed by atoms with Gasteiger partial charge in [0, 0.05) is 12.6 Å². The molecule has 1 aromatic carbocycles. The summed E-state index contributed by atoms with van der Waals surface area (Å²) >= 11 is 5.66. The molecule has 4 N–H and O–H groups in total. The van der Waals surface area contributed by atoms with Gasteiger partial charge in [0.15, 0.2) is 0 Å². The predicted octanol–water partition coefficient (Wildman–Crippen LogP) is 1.44. The Hall–Kier alpha value is -0.640. The second-order valence-corrected chi connectivity index (χ2v) is 2.86. The maximum atomic E-state index is 12.8. The number of halogens is 2. The van der Waals surface area contributed by atoms with E-state index < -0.39 is 11.9 Å². The second-order valence-electron chi connectivity index (χ2n) is 2.49. The van der Waals surface area contributed by atoms with E-state index in [-0.39, 0.29) is 11.6 Å². The van der Waals surface area contributed by atoms with Gasteiger partial charge < -0.3 is 11.5 Å². The molecule has 0 amide bonds. The molecule has 0 spiro atoms. The van der Waals surface area contributed by atoms with Crippen molar-refractivity contribution in [1.82, 2.24) is 0 Å². The molecule has 1 rings (SSSR count). The quantitative estimate of drug-likeness (QED) is 0.738. The second kappa shape index (κ2) is 3.85. The molecule has 0 fully saturated rings. The van der Waals surface area contributed by atoms with Crippen LogP contribution < -0.4 is 11.5 Å². The van der Waals surface area contributed by atoms with Gasteiger partial charge in [0.2, 0.25) is 0 Å². The maximum Gasteiger partial charge on any atom is 0.142 e. The zero-order valence-corrected chi connectivity index (χ0v) is 7.18. The summed E-state index contributed by atoms with van der Waals surface area (Å²) in [5.74, 6) is -0.460. The van der Waals surface area contributed by atoms with Crippen LogP contribution in [-0.4, -0.2) is 6.54 Å². The Kier molecular flexibility index (Phi) is 3.03. The maximum absolute atomic E-state index is 12.8. The summed E-state index contributed by atoms with van der Waals surface area (Å²) in [4.78, 5) is 0. The molecule has 0 aliphatic carbocycles. The first-order chi connectivity index (χ1) is 5.66. The summed E-state index contributed by atoms with van der Waals surface area (Å²) in [6.45, 7) is 0.253. The lowest BCUT2D eigenvalue weighted by molar-refractivity contribution is 0.620. The van der Waals surface area contributed by atoms with E-state index in [1.165, 1.54) is 6.07 Å². The van der Waals surface area contributed by atoms with E-state index in [1.54, 1.807) is 12.1 Å². The third-order valence-electron chi connectivity index (χ3n) is 1.63. The molecular weight excluding hydrogens is 179 g/mol. The first-order valence-electron chi connectivity index (χ1n) is 3.56. The van der Waals surface area contributed by atoms with Gasteiger partial charge in [0.25, 0.3) is 0 Å². The highest BCUT2D eigenvalue weighted by Crippen LogP contribution is 2.23. The number of rotatable bonds is 2. The van der Waals surface area contributed by atoms with E-state index in [1.807, 2.05) is 0 Å². The molecule has 1 aromatic rings. The Bertz CT molecular complexity index is 278.